The van der Waals surface area contributed by atoms with Crippen molar-refractivity contribution in [3.63, 3.8) is 0 Å². The molecule has 0 radical (unpaired) electrons. The summed E-state index contributed by atoms with van der Waals surface area (Å²) in [6.45, 7) is 0. The average molecular weight is 315 g/mol. The summed E-state index contributed by atoms with van der Waals surface area (Å²) in [5.74, 6) is -2.08. The van der Waals surface area contributed by atoms with Gasteiger partial charge in [-0.1, -0.05) is 34.8 Å². The van der Waals surface area contributed by atoms with Gasteiger partial charge in [0, 0.05) is 19.7 Å². The number of hydrogen-bond acceptors (Lipinski definition) is 2. The fourth-order valence-electron chi connectivity index (χ4n) is 1.38. The summed E-state index contributed by atoms with van der Waals surface area (Å²) in [4.78, 5) is 12.1. The number of hydrogen-bond donors (Lipinski definition) is 0. The lowest BCUT2D eigenvalue weighted by molar-refractivity contribution is -0.104. The maximum absolute atomic E-state index is 13.9. The van der Waals surface area contributed by atoms with Crippen molar-refractivity contribution in [3.8, 4) is 0 Å². The number of carbonyl (C=O) groups is 1. The van der Waals surface area contributed by atoms with E-state index in [0.29, 0.717) is 6.29 Å². The van der Waals surface area contributed by atoms with Gasteiger partial charge in [0.25, 0.3) is 0 Å². The van der Waals surface area contributed by atoms with Crippen LogP contribution in [0.3, 0.4) is 0 Å². The van der Waals surface area contributed by atoms with E-state index >= 15 is 0 Å². The van der Waals surface area contributed by atoms with E-state index in [4.69, 9.17) is 34.8 Å². The van der Waals surface area contributed by atoms with E-state index in [0.717, 1.165) is 6.07 Å². The van der Waals surface area contributed by atoms with Crippen LogP contribution < -0.4 is 0 Å². The molecule has 0 amide bonds. The predicted molar refractivity (Wildman–Crippen MR) is 68.9 cm³/mol. The molecule has 7 heteroatoms. The Morgan fingerprint density at radius 1 is 1.28 bits per heavy atom. The molecule has 1 rings (SSSR count). The Bertz CT molecular complexity index is 530. The standard InChI is InChI=1S/C11H8Cl3F2NO/c1-17(2)11(7(13)4-18)5-3-6(12)10(16)8(14)9(5)15/h3-4H,1-2H3. The third-order valence-corrected chi connectivity index (χ3v) is 3.01. The highest BCUT2D eigenvalue weighted by Gasteiger charge is 2.21. The van der Waals surface area contributed by atoms with Crippen molar-refractivity contribution in [1.82, 2.24) is 4.90 Å². The molecule has 0 saturated heterocycles. The second-order valence-corrected chi connectivity index (χ2v) is 4.75. The van der Waals surface area contributed by atoms with Crippen LogP contribution >= 0.6 is 34.8 Å². The topological polar surface area (TPSA) is 20.3 Å². The number of aldehydes is 1. The summed E-state index contributed by atoms with van der Waals surface area (Å²) in [6.07, 6.45) is 0.349. The molecule has 98 valence electrons. The molecule has 0 saturated carbocycles. The first kappa shape index (κ1) is 15.2. The van der Waals surface area contributed by atoms with Gasteiger partial charge < -0.3 is 4.90 Å². The third-order valence-electron chi connectivity index (χ3n) is 2.13. The van der Waals surface area contributed by atoms with Gasteiger partial charge in [-0.3, -0.25) is 4.79 Å². The first-order valence-electron chi connectivity index (χ1n) is 4.66. The zero-order chi connectivity index (χ0) is 14.0. The van der Waals surface area contributed by atoms with Crippen LogP contribution in [0.5, 0.6) is 0 Å². The monoisotopic (exact) mass is 313 g/mol. The lowest BCUT2D eigenvalue weighted by Crippen LogP contribution is -2.13. The van der Waals surface area contributed by atoms with Crippen LogP contribution in [-0.2, 0) is 4.79 Å². The molecule has 0 aliphatic carbocycles. The Morgan fingerprint density at radius 2 is 1.83 bits per heavy atom. The second kappa shape index (κ2) is 5.87. The Balaban J connectivity index is 3.64. The molecule has 0 unspecified atom stereocenters. The Kier molecular flexibility index (Phi) is 4.96. The van der Waals surface area contributed by atoms with Crippen LogP contribution in [0.25, 0.3) is 5.70 Å². The van der Waals surface area contributed by atoms with Gasteiger partial charge in [-0.05, 0) is 6.07 Å². The lowest BCUT2D eigenvalue weighted by Gasteiger charge is -2.19. The van der Waals surface area contributed by atoms with Crippen LogP contribution in [0.1, 0.15) is 5.56 Å². The number of nitrogens with zero attached hydrogens (tertiary/aromatic N) is 1. The minimum absolute atomic E-state index is 0.0629. The fraction of sp³-hybridized carbons (Fsp3) is 0.182. The molecular weight excluding hydrogens is 306 g/mol. The molecule has 0 N–H and O–H groups in total. The molecule has 1 aromatic carbocycles. The van der Waals surface area contributed by atoms with E-state index in [2.05, 4.69) is 0 Å². The molecule has 18 heavy (non-hydrogen) atoms. The summed E-state index contributed by atoms with van der Waals surface area (Å²) in [6, 6.07) is 1.03. The molecule has 0 aliphatic rings. The van der Waals surface area contributed by atoms with Gasteiger partial charge in [-0.15, -0.1) is 0 Å². The van der Waals surface area contributed by atoms with Crippen molar-refractivity contribution in [1.29, 1.82) is 0 Å². The van der Waals surface area contributed by atoms with Gasteiger partial charge >= 0.3 is 0 Å². The van der Waals surface area contributed by atoms with E-state index in [9.17, 15) is 13.6 Å². The molecule has 0 bridgehead atoms. The van der Waals surface area contributed by atoms with Gasteiger partial charge in [0.2, 0.25) is 0 Å². The van der Waals surface area contributed by atoms with Gasteiger partial charge in [0.1, 0.15) is 10.1 Å². The minimum atomic E-state index is -1.06. The normalized spacial score (nSPS) is 12.2. The first-order valence-corrected chi connectivity index (χ1v) is 5.80. The number of rotatable bonds is 3. The average Bonchev–Trinajstić information content (AvgIpc) is 2.32. The zero-order valence-corrected chi connectivity index (χ0v) is 11.7. The van der Waals surface area contributed by atoms with Crippen molar-refractivity contribution >= 4 is 46.8 Å². The Hall–Kier alpha value is -0.840. The van der Waals surface area contributed by atoms with Gasteiger partial charge in [-0.2, -0.15) is 0 Å². The molecule has 0 atom stereocenters. The molecule has 0 spiro atoms. The predicted octanol–water partition coefficient (Wildman–Crippen LogP) is 3.94. The number of allylic oxidation sites excluding steroid dienone is 1. The van der Waals surface area contributed by atoms with Crippen molar-refractivity contribution in [2.24, 2.45) is 0 Å². The fourth-order valence-corrected chi connectivity index (χ4v) is 2.11. The Morgan fingerprint density at radius 3 is 2.28 bits per heavy atom. The summed E-state index contributed by atoms with van der Waals surface area (Å²) in [5, 5.41) is -1.34. The number of halogens is 5. The zero-order valence-electron chi connectivity index (χ0n) is 9.40. The van der Waals surface area contributed by atoms with Crippen LogP contribution in [-0.4, -0.2) is 25.3 Å². The summed E-state index contributed by atoms with van der Waals surface area (Å²) in [7, 11) is 3.09. The summed E-state index contributed by atoms with van der Waals surface area (Å²) < 4.78 is 27.2. The Labute approximate surface area is 118 Å². The van der Waals surface area contributed by atoms with Crippen LogP contribution in [0, 0.1) is 11.6 Å². The van der Waals surface area contributed by atoms with E-state index in [-0.39, 0.29) is 21.3 Å². The van der Waals surface area contributed by atoms with Crippen molar-refractivity contribution in [2.75, 3.05) is 14.1 Å². The van der Waals surface area contributed by atoms with Crippen LogP contribution in [0.15, 0.2) is 11.1 Å². The molecule has 0 aliphatic heterocycles. The van der Waals surface area contributed by atoms with Gasteiger partial charge in [0.05, 0.1) is 10.7 Å². The van der Waals surface area contributed by atoms with Crippen LogP contribution in [0.2, 0.25) is 10.0 Å². The molecule has 0 heterocycles. The van der Waals surface area contributed by atoms with E-state index in [1.54, 1.807) is 14.1 Å². The molecule has 0 aromatic heterocycles. The highest BCUT2D eigenvalue weighted by Crippen LogP contribution is 2.34. The summed E-state index contributed by atoms with van der Waals surface area (Å²) >= 11 is 16.8. The maximum Gasteiger partial charge on any atom is 0.163 e. The minimum Gasteiger partial charge on any atom is -0.376 e. The lowest BCUT2D eigenvalue weighted by atomic mass is 10.1. The van der Waals surface area contributed by atoms with Crippen molar-refractivity contribution < 1.29 is 13.6 Å². The number of carbonyl (C=O) groups excluding carboxylic acids is 1. The summed E-state index contributed by atoms with van der Waals surface area (Å²) in [5.41, 5.74) is -0.0820. The molecule has 0 fully saturated rings. The van der Waals surface area contributed by atoms with Crippen LogP contribution in [0.4, 0.5) is 8.78 Å². The SMILES string of the molecule is CN(C)C(=C(Cl)C=O)c1cc(Cl)c(F)c(Cl)c1F. The van der Waals surface area contributed by atoms with E-state index in [1.807, 2.05) is 0 Å². The highest BCUT2D eigenvalue weighted by atomic mass is 35.5. The van der Waals surface area contributed by atoms with Crippen molar-refractivity contribution in [3.05, 3.63) is 38.3 Å². The second-order valence-electron chi connectivity index (χ2n) is 3.56. The van der Waals surface area contributed by atoms with E-state index < -0.39 is 16.7 Å². The highest BCUT2D eigenvalue weighted by molar-refractivity contribution is 6.42. The molecule has 1 aromatic rings. The molecular formula is C11H8Cl3F2NO. The quantitative estimate of drug-likeness (QED) is 0.364. The van der Waals surface area contributed by atoms with Gasteiger partial charge in [-0.25, -0.2) is 8.78 Å². The van der Waals surface area contributed by atoms with E-state index in [1.165, 1.54) is 4.90 Å². The third kappa shape index (κ3) is 2.76. The first-order chi connectivity index (χ1) is 8.31. The molecule has 2 nitrogen and oxygen atoms in total. The van der Waals surface area contributed by atoms with Crippen molar-refractivity contribution in [2.45, 2.75) is 0 Å². The smallest absolute Gasteiger partial charge is 0.163 e. The number of benzene rings is 1. The largest absolute Gasteiger partial charge is 0.376 e. The van der Waals surface area contributed by atoms with Gasteiger partial charge in [0.15, 0.2) is 17.9 Å². The maximum atomic E-state index is 13.9.